The van der Waals surface area contributed by atoms with Gasteiger partial charge in [0, 0.05) is 18.7 Å². The van der Waals surface area contributed by atoms with Gasteiger partial charge in [-0.2, -0.15) is 5.26 Å². The molecular weight excluding hydrogens is 384 g/mol. The van der Waals surface area contributed by atoms with E-state index in [4.69, 9.17) is 19.5 Å². The maximum Gasteiger partial charge on any atom is 0.306 e. The molecule has 0 saturated heterocycles. The fourth-order valence-corrected chi connectivity index (χ4v) is 2.78. The number of aryl methyl sites for hydroxylation is 1. The largest absolute Gasteiger partial charge is 0.497 e. The van der Waals surface area contributed by atoms with E-state index in [-0.39, 0.29) is 31.9 Å². The summed E-state index contributed by atoms with van der Waals surface area (Å²) in [6.07, 6.45) is 0.847. The van der Waals surface area contributed by atoms with Gasteiger partial charge in [-0.1, -0.05) is 12.1 Å². The maximum atomic E-state index is 12.6. The van der Waals surface area contributed by atoms with Gasteiger partial charge in [-0.3, -0.25) is 9.59 Å². The quantitative estimate of drug-likeness (QED) is 0.527. The van der Waals surface area contributed by atoms with E-state index >= 15 is 0 Å². The Balaban J connectivity index is 1.89. The van der Waals surface area contributed by atoms with Crippen molar-refractivity contribution in [3.05, 3.63) is 54.1 Å². The Morgan fingerprint density at radius 3 is 2.30 bits per heavy atom. The van der Waals surface area contributed by atoms with Gasteiger partial charge >= 0.3 is 5.97 Å². The van der Waals surface area contributed by atoms with Crippen LogP contribution in [-0.4, -0.2) is 38.7 Å². The van der Waals surface area contributed by atoms with Crippen LogP contribution in [0.2, 0.25) is 0 Å². The summed E-state index contributed by atoms with van der Waals surface area (Å²) in [5, 5.41) is 8.89. The number of nitrogens with zero attached hydrogens (tertiary/aromatic N) is 2. The minimum absolute atomic E-state index is 0.168. The predicted octanol–water partition coefficient (Wildman–Crippen LogP) is 3.52. The molecule has 7 nitrogen and oxygen atoms in total. The zero-order chi connectivity index (χ0) is 21.8. The van der Waals surface area contributed by atoms with Crippen molar-refractivity contribution in [2.45, 2.75) is 26.2 Å². The number of methoxy groups -OCH3 is 1. The predicted molar refractivity (Wildman–Crippen MR) is 112 cm³/mol. The highest BCUT2D eigenvalue weighted by molar-refractivity contribution is 5.95. The zero-order valence-corrected chi connectivity index (χ0v) is 17.3. The Labute approximate surface area is 176 Å². The normalized spacial score (nSPS) is 10.0. The molecule has 158 valence electrons. The highest BCUT2D eigenvalue weighted by atomic mass is 16.5. The number of amides is 1. The molecule has 0 saturated carbocycles. The molecule has 2 rings (SSSR count). The van der Waals surface area contributed by atoms with E-state index in [9.17, 15) is 9.59 Å². The number of benzene rings is 2. The van der Waals surface area contributed by atoms with Crippen molar-refractivity contribution < 1.29 is 23.8 Å². The summed E-state index contributed by atoms with van der Waals surface area (Å²) in [5.41, 5.74) is 1.59. The highest BCUT2D eigenvalue weighted by Gasteiger charge is 2.17. The molecule has 0 spiro atoms. The van der Waals surface area contributed by atoms with Crippen LogP contribution in [0.4, 0.5) is 5.69 Å². The molecule has 0 aliphatic carbocycles. The molecule has 0 aliphatic heterocycles. The Kier molecular flexibility index (Phi) is 9.19. The van der Waals surface area contributed by atoms with Crippen LogP contribution in [0.5, 0.6) is 11.5 Å². The van der Waals surface area contributed by atoms with Crippen LogP contribution in [0.3, 0.4) is 0 Å². The minimum atomic E-state index is -0.453. The Morgan fingerprint density at radius 2 is 1.70 bits per heavy atom. The van der Waals surface area contributed by atoms with E-state index in [2.05, 4.69) is 0 Å². The number of hydrogen-bond donors (Lipinski definition) is 0. The van der Waals surface area contributed by atoms with Crippen LogP contribution in [-0.2, 0) is 20.7 Å². The standard InChI is InChI=1S/C23H26N2O5/c1-3-29-21-12-8-19(9-13-21)25(16-4-15-24)22(26)17-30-23(27)14-7-18-5-10-20(28-2)11-6-18/h5-6,8-13H,3-4,7,14,16-17H2,1-2H3. The van der Waals surface area contributed by atoms with Gasteiger partial charge in [0.1, 0.15) is 11.5 Å². The van der Waals surface area contributed by atoms with E-state index in [1.807, 2.05) is 37.3 Å². The first-order valence-electron chi connectivity index (χ1n) is 9.76. The molecule has 2 aromatic carbocycles. The van der Waals surface area contributed by atoms with Gasteiger partial charge in [0.15, 0.2) is 6.61 Å². The molecule has 1 amide bonds. The molecule has 0 fully saturated rings. The first-order valence-corrected chi connectivity index (χ1v) is 9.76. The van der Waals surface area contributed by atoms with Gasteiger partial charge in [-0.25, -0.2) is 0 Å². The minimum Gasteiger partial charge on any atom is -0.497 e. The average Bonchev–Trinajstić information content (AvgIpc) is 2.78. The van der Waals surface area contributed by atoms with E-state index in [0.717, 1.165) is 11.3 Å². The van der Waals surface area contributed by atoms with Gasteiger partial charge in [0.2, 0.25) is 0 Å². The summed E-state index contributed by atoms with van der Waals surface area (Å²) < 4.78 is 15.7. The molecule has 0 heterocycles. The maximum absolute atomic E-state index is 12.6. The smallest absolute Gasteiger partial charge is 0.306 e. The van der Waals surface area contributed by atoms with Crippen LogP contribution >= 0.6 is 0 Å². The number of rotatable bonds is 11. The van der Waals surface area contributed by atoms with Crippen molar-refractivity contribution in [3.8, 4) is 17.6 Å². The van der Waals surface area contributed by atoms with Crippen molar-refractivity contribution in [1.29, 1.82) is 5.26 Å². The molecule has 7 heteroatoms. The van der Waals surface area contributed by atoms with E-state index in [1.165, 1.54) is 4.90 Å². The number of carbonyl (C=O) groups is 2. The van der Waals surface area contributed by atoms with Crippen molar-refractivity contribution >= 4 is 17.6 Å². The lowest BCUT2D eigenvalue weighted by molar-refractivity contribution is -0.147. The number of hydrogen-bond acceptors (Lipinski definition) is 6. The third-order valence-corrected chi connectivity index (χ3v) is 4.34. The van der Waals surface area contributed by atoms with Gasteiger partial charge in [-0.15, -0.1) is 0 Å². The second-order valence-corrected chi connectivity index (χ2v) is 6.39. The summed E-state index contributed by atoms with van der Waals surface area (Å²) in [5.74, 6) is 0.607. The Bertz CT molecular complexity index is 857. The second-order valence-electron chi connectivity index (χ2n) is 6.39. The van der Waals surface area contributed by atoms with E-state index < -0.39 is 5.97 Å². The summed E-state index contributed by atoms with van der Waals surface area (Å²) in [6.45, 7) is 2.27. The summed E-state index contributed by atoms with van der Waals surface area (Å²) in [4.78, 5) is 26.1. The topological polar surface area (TPSA) is 88.9 Å². The molecule has 0 atom stereocenters. The van der Waals surface area contributed by atoms with E-state index in [1.54, 1.807) is 31.4 Å². The third kappa shape index (κ3) is 7.13. The molecule has 0 unspecified atom stereocenters. The van der Waals surface area contributed by atoms with Crippen molar-refractivity contribution in [3.63, 3.8) is 0 Å². The number of esters is 1. The first-order chi connectivity index (χ1) is 14.6. The van der Waals surface area contributed by atoms with Crippen LogP contribution < -0.4 is 14.4 Å². The zero-order valence-electron chi connectivity index (χ0n) is 17.3. The lowest BCUT2D eigenvalue weighted by Gasteiger charge is -2.22. The SMILES string of the molecule is CCOc1ccc(N(CCC#N)C(=O)COC(=O)CCc2ccc(OC)cc2)cc1. The molecular formula is C23H26N2O5. The van der Waals surface area contributed by atoms with E-state index in [0.29, 0.717) is 24.5 Å². The number of carbonyl (C=O) groups excluding carboxylic acids is 2. The molecule has 2 aromatic rings. The fraction of sp³-hybridized carbons (Fsp3) is 0.348. The van der Waals surface area contributed by atoms with Crippen LogP contribution in [0, 0.1) is 11.3 Å². The molecule has 0 radical (unpaired) electrons. The first kappa shape index (κ1) is 22.8. The highest BCUT2D eigenvalue weighted by Crippen LogP contribution is 2.20. The van der Waals surface area contributed by atoms with Crippen molar-refractivity contribution in [2.75, 3.05) is 31.8 Å². The average molecular weight is 410 g/mol. The fourth-order valence-electron chi connectivity index (χ4n) is 2.78. The van der Waals surface area contributed by atoms with Gasteiger partial charge in [-0.05, 0) is 55.3 Å². The van der Waals surface area contributed by atoms with Crippen LogP contribution in [0.1, 0.15) is 25.3 Å². The summed E-state index contributed by atoms with van der Waals surface area (Å²) >= 11 is 0. The molecule has 0 aliphatic rings. The Morgan fingerprint density at radius 1 is 1.03 bits per heavy atom. The second kappa shape index (κ2) is 12.1. The Hall–Kier alpha value is -3.53. The van der Waals surface area contributed by atoms with Gasteiger partial charge in [0.05, 0.1) is 26.2 Å². The molecule has 0 aromatic heterocycles. The lowest BCUT2D eigenvalue weighted by Crippen LogP contribution is -2.35. The summed E-state index contributed by atoms with van der Waals surface area (Å²) in [7, 11) is 1.59. The lowest BCUT2D eigenvalue weighted by atomic mass is 10.1. The number of anilines is 1. The molecule has 30 heavy (non-hydrogen) atoms. The number of nitriles is 1. The third-order valence-electron chi connectivity index (χ3n) is 4.34. The van der Waals surface area contributed by atoms with Crippen molar-refractivity contribution in [2.24, 2.45) is 0 Å². The van der Waals surface area contributed by atoms with Gasteiger partial charge < -0.3 is 19.1 Å². The van der Waals surface area contributed by atoms with Gasteiger partial charge in [0.25, 0.3) is 5.91 Å². The van der Waals surface area contributed by atoms with Crippen molar-refractivity contribution in [1.82, 2.24) is 0 Å². The molecule has 0 N–H and O–H groups in total. The summed E-state index contributed by atoms with van der Waals surface area (Å²) in [6, 6.07) is 16.4. The monoisotopic (exact) mass is 410 g/mol. The van der Waals surface area contributed by atoms with Crippen LogP contribution in [0.15, 0.2) is 48.5 Å². The molecule has 0 bridgehead atoms. The number of ether oxygens (including phenoxy) is 3. The van der Waals surface area contributed by atoms with Crippen LogP contribution in [0.25, 0.3) is 0 Å².